The van der Waals surface area contributed by atoms with Gasteiger partial charge in [-0.05, 0) is 29.8 Å². The van der Waals surface area contributed by atoms with Crippen molar-refractivity contribution in [2.45, 2.75) is 13.2 Å². The molecule has 1 saturated heterocycles. The van der Waals surface area contributed by atoms with Crippen molar-refractivity contribution in [3.8, 4) is 17.2 Å². The number of aromatic hydroxyl groups is 1. The maximum Gasteiger partial charge on any atom is 0.387 e. The molecule has 1 aliphatic heterocycles. The van der Waals surface area contributed by atoms with E-state index in [2.05, 4.69) is 14.5 Å². The highest BCUT2D eigenvalue weighted by atomic mass is 19.3. The number of hydrogen-bond acceptors (Lipinski definition) is 5. The Balaban J connectivity index is 1.60. The number of nitrogens with zero attached hydrogens (tertiary/aromatic N) is 2. The summed E-state index contributed by atoms with van der Waals surface area (Å²) < 4.78 is 34.4. The number of para-hydroxylation sites is 2. The molecule has 0 aromatic heterocycles. The van der Waals surface area contributed by atoms with Gasteiger partial charge in [0.15, 0.2) is 11.5 Å². The van der Waals surface area contributed by atoms with Crippen LogP contribution in [0.5, 0.6) is 17.2 Å². The summed E-state index contributed by atoms with van der Waals surface area (Å²) in [5.41, 5.74) is 1.82. The first-order chi connectivity index (χ1) is 12.6. The Hall–Kier alpha value is -2.54. The summed E-state index contributed by atoms with van der Waals surface area (Å²) in [6, 6.07) is 12.3. The van der Waals surface area contributed by atoms with Crippen LogP contribution in [0.15, 0.2) is 42.5 Å². The molecule has 1 aliphatic rings. The summed E-state index contributed by atoms with van der Waals surface area (Å²) in [5.74, 6) is 0.631. The number of anilines is 1. The van der Waals surface area contributed by atoms with Gasteiger partial charge in [-0.2, -0.15) is 8.78 Å². The van der Waals surface area contributed by atoms with Gasteiger partial charge in [0.1, 0.15) is 5.75 Å². The lowest BCUT2D eigenvalue weighted by molar-refractivity contribution is -0.0512. The maximum absolute atomic E-state index is 12.4. The van der Waals surface area contributed by atoms with Gasteiger partial charge in [0.2, 0.25) is 0 Å². The normalized spacial score (nSPS) is 15.3. The number of hydrogen-bond donors (Lipinski definition) is 1. The minimum atomic E-state index is -2.88. The smallest absolute Gasteiger partial charge is 0.387 e. The van der Waals surface area contributed by atoms with Crippen molar-refractivity contribution >= 4 is 5.69 Å². The van der Waals surface area contributed by atoms with E-state index in [0.717, 1.165) is 37.4 Å². The van der Waals surface area contributed by atoms with Crippen molar-refractivity contribution in [2.75, 3.05) is 38.2 Å². The molecule has 1 fully saturated rings. The quantitative estimate of drug-likeness (QED) is 0.852. The Morgan fingerprint density at radius 3 is 2.42 bits per heavy atom. The second-order valence-electron chi connectivity index (χ2n) is 6.12. The van der Waals surface area contributed by atoms with Crippen LogP contribution in [0.2, 0.25) is 0 Å². The van der Waals surface area contributed by atoms with E-state index < -0.39 is 6.61 Å². The van der Waals surface area contributed by atoms with Crippen LogP contribution in [0, 0.1) is 0 Å². The average molecular weight is 364 g/mol. The lowest BCUT2D eigenvalue weighted by atomic mass is 10.1. The van der Waals surface area contributed by atoms with E-state index in [1.165, 1.54) is 13.2 Å². The van der Waals surface area contributed by atoms with Crippen molar-refractivity contribution in [3.05, 3.63) is 48.0 Å². The molecule has 0 atom stereocenters. The number of benzene rings is 2. The van der Waals surface area contributed by atoms with Crippen molar-refractivity contribution in [2.24, 2.45) is 0 Å². The predicted octanol–water partition coefficient (Wildman–Crippen LogP) is 3.32. The highest BCUT2D eigenvalue weighted by Crippen LogP contribution is 2.31. The molecule has 140 valence electrons. The van der Waals surface area contributed by atoms with Crippen LogP contribution in [-0.2, 0) is 6.54 Å². The molecule has 2 aromatic rings. The van der Waals surface area contributed by atoms with E-state index in [-0.39, 0.29) is 5.75 Å². The van der Waals surface area contributed by atoms with E-state index in [4.69, 9.17) is 4.74 Å². The Morgan fingerprint density at radius 1 is 1.04 bits per heavy atom. The molecule has 0 bridgehead atoms. The zero-order valence-electron chi connectivity index (χ0n) is 14.6. The van der Waals surface area contributed by atoms with Crippen molar-refractivity contribution in [1.82, 2.24) is 4.90 Å². The van der Waals surface area contributed by atoms with Crippen LogP contribution in [0.1, 0.15) is 5.56 Å². The summed E-state index contributed by atoms with van der Waals surface area (Å²) in [6.07, 6.45) is 0. The topological polar surface area (TPSA) is 45.2 Å². The fourth-order valence-electron chi connectivity index (χ4n) is 3.14. The predicted molar refractivity (Wildman–Crippen MR) is 95.2 cm³/mol. The molecule has 26 heavy (non-hydrogen) atoms. The standard InChI is InChI=1S/C19H22F2N2O3/c1-25-18-12-14(6-7-17(18)26-19(20)21)13-22-8-10-23(11-9-22)15-4-2-3-5-16(15)24/h2-7,12,19,24H,8-11,13H2,1H3. The van der Waals surface area contributed by atoms with Gasteiger partial charge in [-0.15, -0.1) is 0 Å². The fourth-order valence-corrected chi connectivity index (χ4v) is 3.14. The van der Waals surface area contributed by atoms with Crippen LogP contribution in [0.3, 0.4) is 0 Å². The molecule has 0 amide bonds. The van der Waals surface area contributed by atoms with E-state index in [9.17, 15) is 13.9 Å². The van der Waals surface area contributed by atoms with Crippen LogP contribution in [0.25, 0.3) is 0 Å². The number of methoxy groups -OCH3 is 1. The average Bonchev–Trinajstić information content (AvgIpc) is 2.64. The van der Waals surface area contributed by atoms with Gasteiger partial charge in [0.25, 0.3) is 0 Å². The summed E-state index contributed by atoms with van der Waals surface area (Å²) in [6.45, 7) is 1.11. The van der Waals surface area contributed by atoms with Gasteiger partial charge in [0.05, 0.1) is 12.8 Å². The Labute approximate surface area is 151 Å². The molecule has 1 N–H and O–H groups in total. The number of phenolic OH excluding ortho intramolecular Hbond substituents is 1. The molecule has 5 nitrogen and oxygen atoms in total. The third-order valence-electron chi connectivity index (χ3n) is 4.44. The molecular weight excluding hydrogens is 342 g/mol. The number of rotatable bonds is 6. The lowest BCUT2D eigenvalue weighted by Gasteiger charge is -2.36. The molecule has 0 aliphatic carbocycles. The highest BCUT2D eigenvalue weighted by Gasteiger charge is 2.20. The monoisotopic (exact) mass is 364 g/mol. The molecule has 0 radical (unpaired) electrons. The van der Waals surface area contributed by atoms with Crippen molar-refractivity contribution in [1.29, 1.82) is 0 Å². The second kappa shape index (κ2) is 8.23. The van der Waals surface area contributed by atoms with Gasteiger partial charge < -0.3 is 19.5 Å². The molecule has 2 aromatic carbocycles. The Morgan fingerprint density at radius 2 is 1.77 bits per heavy atom. The number of phenols is 1. The second-order valence-corrected chi connectivity index (χ2v) is 6.12. The molecule has 0 unspecified atom stereocenters. The molecule has 7 heteroatoms. The zero-order valence-corrected chi connectivity index (χ0v) is 14.6. The molecule has 0 saturated carbocycles. The third-order valence-corrected chi connectivity index (χ3v) is 4.44. The zero-order chi connectivity index (χ0) is 18.5. The maximum atomic E-state index is 12.4. The van der Waals surface area contributed by atoms with Crippen molar-refractivity contribution in [3.63, 3.8) is 0 Å². The van der Waals surface area contributed by atoms with E-state index in [1.807, 2.05) is 18.2 Å². The number of halogens is 2. The summed E-state index contributed by atoms with van der Waals surface area (Å²) in [4.78, 5) is 4.44. The minimum Gasteiger partial charge on any atom is -0.506 e. The van der Waals surface area contributed by atoms with E-state index in [0.29, 0.717) is 18.0 Å². The van der Waals surface area contributed by atoms with Crippen LogP contribution in [-0.4, -0.2) is 49.9 Å². The van der Waals surface area contributed by atoms with Gasteiger partial charge in [-0.25, -0.2) is 0 Å². The highest BCUT2D eigenvalue weighted by molar-refractivity contribution is 5.57. The van der Waals surface area contributed by atoms with Gasteiger partial charge in [0, 0.05) is 32.7 Å². The first-order valence-electron chi connectivity index (χ1n) is 8.44. The largest absolute Gasteiger partial charge is 0.506 e. The van der Waals surface area contributed by atoms with E-state index >= 15 is 0 Å². The van der Waals surface area contributed by atoms with Gasteiger partial charge in [-0.3, -0.25) is 4.90 Å². The SMILES string of the molecule is COc1cc(CN2CCN(c3ccccc3O)CC2)ccc1OC(F)F. The molecule has 0 spiro atoms. The Bertz CT molecular complexity index is 734. The Kier molecular flexibility index (Phi) is 5.78. The number of alkyl halides is 2. The number of piperazine rings is 1. The summed E-state index contributed by atoms with van der Waals surface area (Å²) in [7, 11) is 1.43. The third kappa shape index (κ3) is 4.35. The first-order valence-corrected chi connectivity index (χ1v) is 8.44. The van der Waals surface area contributed by atoms with Crippen LogP contribution >= 0.6 is 0 Å². The van der Waals surface area contributed by atoms with Crippen LogP contribution < -0.4 is 14.4 Å². The number of ether oxygens (including phenoxy) is 2. The first kappa shape index (κ1) is 18.3. The van der Waals surface area contributed by atoms with Crippen LogP contribution in [0.4, 0.5) is 14.5 Å². The summed E-state index contributed by atoms with van der Waals surface area (Å²) >= 11 is 0. The fraction of sp³-hybridized carbons (Fsp3) is 0.368. The minimum absolute atomic E-state index is 0.0376. The van der Waals surface area contributed by atoms with Gasteiger partial charge in [-0.1, -0.05) is 18.2 Å². The lowest BCUT2D eigenvalue weighted by Crippen LogP contribution is -2.45. The van der Waals surface area contributed by atoms with Crippen molar-refractivity contribution < 1.29 is 23.4 Å². The molecule has 1 heterocycles. The summed E-state index contributed by atoms with van der Waals surface area (Å²) in [5, 5.41) is 9.98. The van der Waals surface area contributed by atoms with E-state index in [1.54, 1.807) is 18.2 Å². The molecule has 3 rings (SSSR count). The molecular formula is C19H22F2N2O3. The van der Waals surface area contributed by atoms with Gasteiger partial charge >= 0.3 is 6.61 Å².